The van der Waals surface area contributed by atoms with E-state index in [1.54, 1.807) is 0 Å². The second-order valence-corrected chi connectivity index (χ2v) is 1.46. The quantitative estimate of drug-likeness (QED) is 0.639. The summed E-state index contributed by atoms with van der Waals surface area (Å²) in [5.74, 6) is 0. The van der Waals surface area contributed by atoms with Crippen LogP contribution in [0.2, 0.25) is 0 Å². The molecule has 0 aromatic carbocycles. The van der Waals surface area contributed by atoms with E-state index >= 15 is 0 Å². The maximum Gasteiger partial charge on any atom is 0 e. The molecule has 0 unspecified atom stereocenters. The Bertz CT molecular complexity index is 105. The van der Waals surface area contributed by atoms with Crippen molar-refractivity contribution < 1.29 is 21.1 Å². The van der Waals surface area contributed by atoms with Gasteiger partial charge in [0.25, 0.3) is 0 Å². The smallest absolute Gasteiger partial charge is 0 e. The summed E-state index contributed by atoms with van der Waals surface area (Å²) in [6, 6.07) is 0. The van der Waals surface area contributed by atoms with Gasteiger partial charge in [-0.1, -0.05) is 42.5 Å². The molecule has 1 aliphatic rings. The van der Waals surface area contributed by atoms with Crippen LogP contribution in [0.25, 0.3) is 0 Å². The van der Waals surface area contributed by atoms with Crippen LogP contribution in [0.3, 0.4) is 0 Å². The molecule has 45 valence electrons. The molecular formula is C8H7W. The van der Waals surface area contributed by atoms with E-state index in [0.717, 1.165) is 0 Å². The van der Waals surface area contributed by atoms with Gasteiger partial charge in [0.2, 0.25) is 0 Å². The first-order valence-corrected chi connectivity index (χ1v) is 2.58. The molecule has 1 aliphatic carbocycles. The minimum absolute atomic E-state index is 0. The van der Waals surface area contributed by atoms with Gasteiger partial charge in [0.05, 0.1) is 0 Å². The van der Waals surface area contributed by atoms with Gasteiger partial charge in [-0.25, -0.2) is 0 Å². The fraction of sp³-hybridized carbons (Fsp3) is 0. The van der Waals surface area contributed by atoms with Crippen LogP contribution in [-0.4, -0.2) is 0 Å². The molecule has 0 aromatic heterocycles. The molecule has 9 heavy (non-hydrogen) atoms. The first kappa shape index (κ1) is 8.65. The largest absolute Gasteiger partial charge is 0.0623 e. The van der Waals surface area contributed by atoms with Gasteiger partial charge in [-0.2, -0.15) is 0 Å². The first-order valence-electron chi connectivity index (χ1n) is 2.58. The summed E-state index contributed by atoms with van der Waals surface area (Å²) < 4.78 is 0. The van der Waals surface area contributed by atoms with E-state index in [0.29, 0.717) is 0 Å². The third kappa shape index (κ3) is 4.17. The fourth-order valence-corrected chi connectivity index (χ4v) is 0.470. The standard InChI is InChI=1S/C8H7.W/c1-2-4-6-8-7-5-3-1;/h1-7H;. The van der Waals surface area contributed by atoms with Crippen molar-refractivity contribution in [3.8, 4) is 0 Å². The number of rotatable bonds is 0. The van der Waals surface area contributed by atoms with Crippen molar-refractivity contribution in [1.29, 1.82) is 0 Å². The molecular weight excluding hydrogens is 280 g/mol. The van der Waals surface area contributed by atoms with E-state index in [1.165, 1.54) is 0 Å². The topological polar surface area (TPSA) is 0 Å². The molecule has 1 rings (SSSR count). The Labute approximate surface area is 69.9 Å². The number of hydrogen-bond acceptors (Lipinski definition) is 0. The average Bonchev–Trinajstić information content (AvgIpc) is 1.62. The third-order valence-electron chi connectivity index (χ3n) is 0.829. The van der Waals surface area contributed by atoms with Gasteiger partial charge >= 0.3 is 0 Å². The molecule has 1 heteroatoms. The maximum absolute atomic E-state index is 2.94. The second-order valence-electron chi connectivity index (χ2n) is 1.46. The Morgan fingerprint density at radius 2 is 1.44 bits per heavy atom. The fourth-order valence-electron chi connectivity index (χ4n) is 0.470. The van der Waals surface area contributed by atoms with Gasteiger partial charge in [0.15, 0.2) is 0 Å². The summed E-state index contributed by atoms with van der Waals surface area (Å²) >= 11 is 0. The Kier molecular flexibility index (Phi) is 5.55. The summed E-state index contributed by atoms with van der Waals surface area (Å²) in [5.41, 5.74) is 0. The van der Waals surface area contributed by atoms with Gasteiger partial charge in [0.1, 0.15) is 0 Å². The zero-order chi connectivity index (χ0) is 5.66. The first-order chi connectivity index (χ1) is 4.00. The van der Waals surface area contributed by atoms with Crippen LogP contribution in [0.4, 0.5) is 0 Å². The minimum atomic E-state index is 0. The molecule has 0 spiro atoms. The van der Waals surface area contributed by atoms with Crippen LogP contribution in [0.5, 0.6) is 0 Å². The van der Waals surface area contributed by atoms with Crippen molar-refractivity contribution in [2.24, 2.45) is 0 Å². The van der Waals surface area contributed by atoms with Crippen LogP contribution in [-0.2, 0) is 21.1 Å². The van der Waals surface area contributed by atoms with Crippen LogP contribution >= 0.6 is 0 Å². The van der Waals surface area contributed by atoms with E-state index in [-0.39, 0.29) is 21.1 Å². The van der Waals surface area contributed by atoms with Gasteiger partial charge in [-0.15, -0.1) is 0 Å². The molecule has 0 bridgehead atoms. The molecule has 0 aromatic rings. The predicted octanol–water partition coefficient (Wildman–Crippen LogP) is 2.03. The molecule has 0 saturated carbocycles. The van der Waals surface area contributed by atoms with Crippen LogP contribution in [0.15, 0.2) is 42.5 Å². The molecule has 0 aliphatic heterocycles. The molecule has 0 amide bonds. The third-order valence-corrected chi connectivity index (χ3v) is 0.829. The van der Waals surface area contributed by atoms with Gasteiger partial charge in [-0.05, 0) is 6.08 Å². The summed E-state index contributed by atoms with van der Waals surface area (Å²) in [4.78, 5) is 0. The van der Waals surface area contributed by atoms with Crippen LogP contribution < -0.4 is 0 Å². The number of hydrogen-bond donors (Lipinski definition) is 0. The second kappa shape index (κ2) is 5.78. The molecule has 0 nitrogen and oxygen atoms in total. The normalized spacial score (nSPS) is 14.2. The summed E-state index contributed by atoms with van der Waals surface area (Å²) in [6.07, 6.45) is 16.5. The molecule has 1 radical (unpaired) electrons. The Morgan fingerprint density at radius 3 is 2.33 bits per heavy atom. The van der Waals surface area contributed by atoms with Gasteiger partial charge in [-0.3, -0.25) is 0 Å². The predicted molar refractivity (Wildman–Crippen MR) is 35.2 cm³/mol. The van der Waals surface area contributed by atoms with Gasteiger partial charge in [0, 0.05) is 21.1 Å². The Morgan fingerprint density at radius 1 is 0.778 bits per heavy atom. The average molecular weight is 287 g/mol. The summed E-state index contributed by atoms with van der Waals surface area (Å²) in [6.45, 7) is 0. The van der Waals surface area contributed by atoms with Gasteiger partial charge < -0.3 is 0 Å². The van der Waals surface area contributed by atoms with E-state index in [2.05, 4.69) is 6.08 Å². The molecule has 0 atom stereocenters. The maximum atomic E-state index is 2.94. The van der Waals surface area contributed by atoms with E-state index in [1.807, 2.05) is 42.5 Å². The number of allylic oxidation sites excluding steroid dienone is 8. The molecule has 0 fully saturated rings. The van der Waals surface area contributed by atoms with Crippen LogP contribution in [0, 0.1) is 6.08 Å². The Hall–Kier alpha value is -0.352. The summed E-state index contributed by atoms with van der Waals surface area (Å²) in [7, 11) is 0. The van der Waals surface area contributed by atoms with Crippen molar-refractivity contribution in [2.75, 3.05) is 0 Å². The van der Waals surface area contributed by atoms with Crippen LogP contribution in [0.1, 0.15) is 0 Å². The van der Waals surface area contributed by atoms with Crippen molar-refractivity contribution >= 4 is 0 Å². The zero-order valence-corrected chi connectivity index (χ0v) is 7.88. The SMILES string of the molecule is [C]1=CC=CC=CC=C1.[W]. The zero-order valence-electron chi connectivity index (χ0n) is 4.95. The van der Waals surface area contributed by atoms with E-state index in [9.17, 15) is 0 Å². The van der Waals surface area contributed by atoms with Crippen molar-refractivity contribution in [3.05, 3.63) is 48.6 Å². The van der Waals surface area contributed by atoms with E-state index in [4.69, 9.17) is 0 Å². The Balaban J connectivity index is 0.000000640. The molecule has 0 saturated heterocycles. The van der Waals surface area contributed by atoms with Crippen molar-refractivity contribution in [2.45, 2.75) is 0 Å². The minimum Gasteiger partial charge on any atom is -0.0623 e. The van der Waals surface area contributed by atoms with Crippen molar-refractivity contribution in [3.63, 3.8) is 0 Å². The van der Waals surface area contributed by atoms with Crippen molar-refractivity contribution in [1.82, 2.24) is 0 Å². The summed E-state index contributed by atoms with van der Waals surface area (Å²) in [5, 5.41) is 0. The molecule has 0 heterocycles. The molecule has 0 N–H and O–H groups in total. The monoisotopic (exact) mass is 287 g/mol. The van der Waals surface area contributed by atoms with E-state index < -0.39 is 0 Å².